The average molecular weight is 274 g/mol. The maximum Gasteiger partial charge on any atom is 0.224 e. The summed E-state index contributed by atoms with van der Waals surface area (Å²) in [5, 5.41) is 3.07. The molecule has 3 heteroatoms. The molecule has 0 radical (unpaired) electrons. The van der Waals surface area contributed by atoms with Gasteiger partial charge in [0.1, 0.15) is 0 Å². The van der Waals surface area contributed by atoms with E-state index in [0.29, 0.717) is 0 Å². The number of amides is 1. The van der Waals surface area contributed by atoms with Crippen molar-refractivity contribution in [1.29, 1.82) is 0 Å². The van der Waals surface area contributed by atoms with E-state index in [4.69, 9.17) is 5.73 Å². The van der Waals surface area contributed by atoms with Gasteiger partial charge in [0.05, 0.1) is 6.04 Å². The fourth-order valence-electron chi connectivity index (χ4n) is 2.69. The number of benzene rings is 1. The molecule has 110 valence electrons. The quantitative estimate of drug-likeness (QED) is 0.887. The summed E-state index contributed by atoms with van der Waals surface area (Å²) in [6.45, 7) is 5.78. The summed E-state index contributed by atoms with van der Waals surface area (Å²) < 4.78 is 0. The Morgan fingerprint density at radius 1 is 1.15 bits per heavy atom. The standard InChI is InChI=1S/C17H26N2O/c1-11(12(2)18)17(20)19-13(3)15-9-8-14-6-4-5-7-16(14)10-15/h8-13H,4-7,18H2,1-3H3,(H,19,20). The molecule has 0 heterocycles. The van der Waals surface area contributed by atoms with Gasteiger partial charge in [-0.25, -0.2) is 0 Å². The summed E-state index contributed by atoms with van der Waals surface area (Å²) in [5.74, 6) is -0.125. The predicted molar refractivity (Wildman–Crippen MR) is 82.5 cm³/mol. The number of carbonyl (C=O) groups excluding carboxylic acids is 1. The molecule has 2 rings (SSSR count). The molecule has 0 spiro atoms. The summed E-state index contributed by atoms with van der Waals surface area (Å²) in [7, 11) is 0. The van der Waals surface area contributed by atoms with Crippen LogP contribution in [0.2, 0.25) is 0 Å². The number of carbonyl (C=O) groups is 1. The second kappa shape index (κ2) is 6.40. The molecule has 0 saturated heterocycles. The molecular weight excluding hydrogens is 248 g/mol. The normalized spacial score (nSPS) is 18.8. The lowest BCUT2D eigenvalue weighted by atomic mass is 9.89. The molecule has 0 aliphatic heterocycles. The Kier molecular flexibility index (Phi) is 4.81. The molecule has 3 unspecified atom stereocenters. The monoisotopic (exact) mass is 274 g/mol. The maximum absolute atomic E-state index is 12.1. The third-order valence-corrected chi connectivity index (χ3v) is 4.43. The van der Waals surface area contributed by atoms with Gasteiger partial charge >= 0.3 is 0 Å². The van der Waals surface area contributed by atoms with Gasteiger partial charge in [-0.05, 0) is 56.2 Å². The zero-order valence-electron chi connectivity index (χ0n) is 12.8. The lowest BCUT2D eigenvalue weighted by Gasteiger charge is -2.22. The number of hydrogen-bond donors (Lipinski definition) is 2. The Labute approximate surface area is 121 Å². The number of fused-ring (bicyclic) bond motifs is 1. The van der Waals surface area contributed by atoms with Gasteiger partial charge in [-0.2, -0.15) is 0 Å². The van der Waals surface area contributed by atoms with E-state index in [1.807, 2.05) is 20.8 Å². The second-order valence-electron chi connectivity index (χ2n) is 6.11. The molecule has 0 aromatic heterocycles. The summed E-state index contributed by atoms with van der Waals surface area (Å²) >= 11 is 0. The van der Waals surface area contributed by atoms with Crippen LogP contribution >= 0.6 is 0 Å². The largest absolute Gasteiger partial charge is 0.349 e. The fraction of sp³-hybridized carbons (Fsp3) is 0.588. The first kappa shape index (κ1) is 15.0. The van der Waals surface area contributed by atoms with Crippen LogP contribution in [0.3, 0.4) is 0 Å². The van der Waals surface area contributed by atoms with Gasteiger partial charge in [-0.1, -0.05) is 25.1 Å². The molecular formula is C17H26N2O. The van der Waals surface area contributed by atoms with Crippen LogP contribution in [0, 0.1) is 5.92 Å². The van der Waals surface area contributed by atoms with Crippen molar-refractivity contribution in [3.05, 3.63) is 34.9 Å². The lowest BCUT2D eigenvalue weighted by molar-refractivity contribution is -0.125. The zero-order chi connectivity index (χ0) is 14.7. The third kappa shape index (κ3) is 3.40. The highest BCUT2D eigenvalue weighted by Crippen LogP contribution is 2.24. The zero-order valence-corrected chi connectivity index (χ0v) is 12.8. The SMILES string of the molecule is CC(NC(=O)C(C)C(C)N)c1ccc2c(c1)CCCC2. The second-order valence-corrected chi connectivity index (χ2v) is 6.11. The molecule has 1 amide bonds. The van der Waals surface area contributed by atoms with Crippen LogP contribution in [-0.4, -0.2) is 11.9 Å². The van der Waals surface area contributed by atoms with Crippen molar-refractivity contribution in [3.8, 4) is 0 Å². The highest BCUT2D eigenvalue weighted by atomic mass is 16.1. The van der Waals surface area contributed by atoms with Crippen molar-refractivity contribution in [2.24, 2.45) is 11.7 Å². The molecule has 1 aliphatic carbocycles. The van der Waals surface area contributed by atoms with Crippen LogP contribution in [0.1, 0.15) is 56.3 Å². The number of rotatable bonds is 4. The Morgan fingerprint density at radius 2 is 1.80 bits per heavy atom. The van der Waals surface area contributed by atoms with E-state index in [1.54, 1.807) is 0 Å². The molecule has 0 fully saturated rings. The molecule has 1 aromatic carbocycles. The van der Waals surface area contributed by atoms with Gasteiger partial charge in [0.2, 0.25) is 5.91 Å². The molecule has 3 atom stereocenters. The van der Waals surface area contributed by atoms with Gasteiger partial charge in [-0.15, -0.1) is 0 Å². The van der Waals surface area contributed by atoms with E-state index >= 15 is 0 Å². The first-order chi connectivity index (χ1) is 9.49. The van der Waals surface area contributed by atoms with Crippen LogP contribution in [0.25, 0.3) is 0 Å². The van der Waals surface area contributed by atoms with Crippen LogP contribution in [0.5, 0.6) is 0 Å². The fourth-order valence-corrected chi connectivity index (χ4v) is 2.69. The lowest BCUT2D eigenvalue weighted by Crippen LogP contribution is -2.39. The minimum absolute atomic E-state index is 0.0326. The van der Waals surface area contributed by atoms with Crippen molar-refractivity contribution < 1.29 is 4.79 Å². The molecule has 0 saturated carbocycles. The van der Waals surface area contributed by atoms with Crippen LogP contribution in [0.15, 0.2) is 18.2 Å². The maximum atomic E-state index is 12.1. The topological polar surface area (TPSA) is 55.1 Å². The summed E-state index contributed by atoms with van der Waals surface area (Å²) in [4.78, 5) is 12.1. The van der Waals surface area contributed by atoms with E-state index in [1.165, 1.54) is 42.4 Å². The van der Waals surface area contributed by atoms with Gasteiger partial charge in [0, 0.05) is 12.0 Å². The van der Waals surface area contributed by atoms with Crippen molar-refractivity contribution in [2.75, 3.05) is 0 Å². The number of aryl methyl sites for hydroxylation is 2. The average Bonchev–Trinajstić information content (AvgIpc) is 2.45. The molecule has 0 bridgehead atoms. The summed E-state index contributed by atoms with van der Waals surface area (Å²) in [6.07, 6.45) is 4.93. The molecule has 20 heavy (non-hydrogen) atoms. The van der Waals surface area contributed by atoms with E-state index in [9.17, 15) is 4.79 Å². The molecule has 3 nitrogen and oxygen atoms in total. The predicted octanol–water partition coefficient (Wildman–Crippen LogP) is 2.73. The van der Waals surface area contributed by atoms with Gasteiger partial charge < -0.3 is 11.1 Å². The van der Waals surface area contributed by atoms with Crippen molar-refractivity contribution in [2.45, 2.75) is 58.5 Å². The molecule has 1 aromatic rings. The number of nitrogens with two attached hydrogens (primary N) is 1. The molecule has 1 aliphatic rings. The van der Waals surface area contributed by atoms with Crippen LogP contribution in [0.4, 0.5) is 0 Å². The van der Waals surface area contributed by atoms with Crippen molar-refractivity contribution >= 4 is 5.91 Å². The Balaban J connectivity index is 2.06. The number of hydrogen-bond acceptors (Lipinski definition) is 2. The highest BCUT2D eigenvalue weighted by Gasteiger charge is 2.20. The third-order valence-electron chi connectivity index (χ3n) is 4.43. The number of nitrogens with one attached hydrogen (secondary N) is 1. The van der Waals surface area contributed by atoms with Crippen LogP contribution in [-0.2, 0) is 17.6 Å². The summed E-state index contributed by atoms with van der Waals surface area (Å²) in [6, 6.07) is 6.55. The van der Waals surface area contributed by atoms with Gasteiger partial charge in [-0.3, -0.25) is 4.79 Å². The minimum atomic E-state index is -0.157. The van der Waals surface area contributed by atoms with E-state index < -0.39 is 0 Å². The van der Waals surface area contributed by atoms with Crippen LogP contribution < -0.4 is 11.1 Å². The van der Waals surface area contributed by atoms with E-state index in [-0.39, 0.29) is 23.9 Å². The van der Waals surface area contributed by atoms with Crippen molar-refractivity contribution in [3.63, 3.8) is 0 Å². The minimum Gasteiger partial charge on any atom is -0.349 e. The molecule has 3 N–H and O–H groups in total. The van der Waals surface area contributed by atoms with Gasteiger partial charge in [0.25, 0.3) is 0 Å². The Bertz CT molecular complexity index is 482. The first-order valence-corrected chi connectivity index (χ1v) is 7.66. The van der Waals surface area contributed by atoms with Gasteiger partial charge in [0.15, 0.2) is 0 Å². The highest BCUT2D eigenvalue weighted by molar-refractivity contribution is 5.79. The van der Waals surface area contributed by atoms with Crippen molar-refractivity contribution in [1.82, 2.24) is 5.32 Å². The Hall–Kier alpha value is -1.35. The van der Waals surface area contributed by atoms with E-state index in [2.05, 4.69) is 23.5 Å². The Morgan fingerprint density at radius 3 is 2.45 bits per heavy atom. The smallest absolute Gasteiger partial charge is 0.224 e. The summed E-state index contributed by atoms with van der Waals surface area (Å²) in [5.41, 5.74) is 9.90. The van der Waals surface area contributed by atoms with E-state index in [0.717, 1.165) is 0 Å². The first-order valence-electron chi connectivity index (χ1n) is 7.66.